The minimum atomic E-state index is -1.11. The van der Waals surface area contributed by atoms with Gasteiger partial charge in [-0.1, -0.05) is 0 Å². The molecule has 19 heavy (non-hydrogen) atoms. The molecule has 0 unspecified atom stereocenters. The average Bonchev–Trinajstić information content (AvgIpc) is 2.71. The summed E-state index contributed by atoms with van der Waals surface area (Å²) in [5.74, 6) is -1.11. The van der Waals surface area contributed by atoms with Crippen LogP contribution in [0.25, 0.3) is 5.69 Å². The fraction of sp³-hybridized carbons (Fsp3) is 0.167. The minimum absolute atomic E-state index is 0.00971. The van der Waals surface area contributed by atoms with Crippen LogP contribution >= 0.6 is 0 Å². The fourth-order valence-electron chi connectivity index (χ4n) is 1.81. The van der Waals surface area contributed by atoms with Crippen molar-refractivity contribution in [3.63, 3.8) is 0 Å². The third kappa shape index (κ3) is 2.30. The molecule has 0 amide bonds. The molecule has 0 radical (unpaired) electrons. The quantitative estimate of drug-likeness (QED) is 0.673. The van der Waals surface area contributed by atoms with Gasteiger partial charge in [0, 0.05) is 17.8 Å². The van der Waals surface area contributed by atoms with Crippen molar-refractivity contribution in [3.8, 4) is 5.69 Å². The summed E-state index contributed by atoms with van der Waals surface area (Å²) in [5.41, 5.74) is 1.85. The van der Waals surface area contributed by atoms with Gasteiger partial charge >= 0.3 is 5.97 Å². The third-order valence-corrected chi connectivity index (χ3v) is 2.73. The number of carboxylic acids is 1. The Balaban J connectivity index is 2.53. The molecule has 0 aliphatic heterocycles. The van der Waals surface area contributed by atoms with E-state index in [2.05, 4.69) is 5.10 Å². The van der Waals surface area contributed by atoms with Crippen LogP contribution < -0.4 is 0 Å². The van der Waals surface area contributed by atoms with Crippen molar-refractivity contribution in [3.05, 3.63) is 51.3 Å². The summed E-state index contributed by atoms with van der Waals surface area (Å²) in [6.45, 7) is 3.43. The van der Waals surface area contributed by atoms with Crippen LogP contribution in [0.4, 0.5) is 5.69 Å². The lowest BCUT2D eigenvalue weighted by Gasteiger charge is -2.07. The van der Waals surface area contributed by atoms with Crippen LogP contribution in [0.1, 0.15) is 21.7 Å². The average molecular weight is 261 g/mol. The number of hydrogen-bond donors (Lipinski definition) is 1. The number of carbonyl (C=O) groups is 1. The maximum Gasteiger partial charge on any atom is 0.356 e. The molecule has 0 atom stereocenters. The second-order valence-corrected chi connectivity index (χ2v) is 4.12. The van der Waals surface area contributed by atoms with E-state index in [1.54, 1.807) is 19.9 Å². The largest absolute Gasteiger partial charge is 0.476 e. The Morgan fingerprint density at radius 3 is 2.53 bits per heavy atom. The number of nitrogens with zero attached hydrogens (tertiary/aromatic N) is 3. The van der Waals surface area contributed by atoms with Crippen LogP contribution in [-0.2, 0) is 0 Å². The van der Waals surface area contributed by atoms with Crippen LogP contribution in [0.5, 0.6) is 0 Å². The third-order valence-electron chi connectivity index (χ3n) is 2.73. The first kappa shape index (κ1) is 12.7. The van der Waals surface area contributed by atoms with Crippen LogP contribution in [-0.4, -0.2) is 25.8 Å². The Morgan fingerprint density at radius 1 is 1.37 bits per heavy atom. The van der Waals surface area contributed by atoms with Crippen molar-refractivity contribution in [2.75, 3.05) is 0 Å². The Hall–Kier alpha value is -2.70. The van der Waals surface area contributed by atoms with E-state index in [0.717, 1.165) is 0 Å². The standard InChI is InChI=1S/C12H11N3O4/c1-7-5-9(15(18)19)3-4-11(7)14-8(2)6-10(13-14)12(16)17/h3-6H,1-2H3,(H,16,17). The van der Waals surface area contributed by atoms with Crippen LogP contribution in [0.2, 0.25) is 0 Å². The van der Waals surface area contributed by atoms with Gasteiger partial charge in [-0.05, 0) is 31.5 Å². The number of aryl methyl sites for hydroxylation is 2. The van der Waals surface area contributed by atoms with Crippen LogP contribution in [0, 0.1) is 24.0 Å². The number of non-ortho nitro benzene ring substituents is 1. The number of aromatic nitrogens is 2. The highest BCUT2D eigenvalue weighted by Crippen LogP contribution is 2.21. The van der Waals surface area contributed by atoms with E-state index in [1.165, 1.54) is 22.9 Å². The van der Waals surface area contributed by atoms with Gasteiger partial charge in [0.25, 0.3) is 5.69 Å². The number of nitro groups is 1. The van der Waals surface area contributed by atoms with Crippen molar-refractivity contribution >= 4 is 11.7 Å². The monoisotopic (exact) mass is 261 g/mol. The molecule has 0 saturated carbocycles. The van der Waals surface area contributed by atoms with Crippen molar-refractivity contribution in [1.82, 2.24) is 9.78 Å². The smallest absolute Gasteiger partial charge is 0.356 e. The lowest BCUT2D eigenvalue weighted by Crippen LogP contribution is -2.04. The van der Waals surface area contributed by atoms with Crippen LogP contribution in [0.3, 0.4) is 0 Å². The predicted octanol–water partition coefficient (Wildman–Crippen LogP) is 2.10. The van der Waals surface area contributed by atoms with E-state index >= 15 is 0 Å². The molecule has 7 nitrogen and oxygen atoms in total. The molecule has 0 spiro atoms. The number of rotatable bonds is 3. The molecular weight excluding hydrogens is 250 g/mol. The maximum absolute atomic E-state index is 10.9. The Labute approximate surface area is 108 Å². The van der Waals surface area contributed by atoms with Gasteiger partial charge in [0.2, 0.25) is 0 Å². The molecule has 1 N–H and O–H groups in total. The molecule has 1 heterocycles. The Morgan fingerprint density at radius 2 is 2.05 bits per heavy atom. The lowest BCUT2D eigenvalue weighted by atomic mass is 10.2. The van der Waals surface area contributed by atoms with Gasteiger partial charge in [-0.15, -0.1) is 0 Å². The molecule has 0 saturated heterocycles. The second kappa shape index (κ2) is 4.52. The van der Waals surface area contributed by atoms with Crippen molar-refractivity contribution in [2.24, 2.45) is 0 Å². The molecule has 0 bridgehead atoms. The summed E-state index contributed by atoms with van der Waals surface area (Å²) < 4.78 is 1.46. The summed E-state index contributed by atoms with van der Waals surface area (Å²) in [6, 6.07) is 5.79. The maximum atomic E-state index is 10.9. The van der Waals surface area contributed by atoms with E-state index in [0.29, 0.717) is 16.9 Å². The zero-order valence-electron chi connectivity index (χ0n) is 10.3. The number of nitro benzene ring substituents is 1. The normalized spacial score (nSPS) is 10.4. The molecule has 1 aromatic heterocycles. The van der Waals surface area contributed by atoms with Crippen molar-refractivity contribution < 1.29 is 14.8 Å². The highest BCUT2D eigenvalue weighted by molar-refractivity contribution is 5.85. The van der Waals surface area contributed by atoms with Gasteiger partial charge in [-0.25, -0.2) is 9.48 Å². The predicted molar refractivity (Wildman–Crippen MR) is 66.7 cm³/mol. The molecule has 7 heteroatoms. The fourth-order valence-corrected chi connectivity index (χ4v) is 1.81. The molecule has 0 fully saturated rings. The molecule has 2 aromatic rings. The van der Waals surface area contributed by atoms with E-state index in [1.807, 2.05) is 0 Å². The molecule has 2 rings (SSSR count). The number of carboxylic acid groups (broad SMARTS) is 1. The second-order valence-electron chi connectivity index (χ2n) is 4.12. The van der Waals surface area contributed by atoms with Gasteiger partial charge in [0.15, 0.2) is 5.69 Å². The first-order valence-corrected chi connectivity index (χ1v) is 5.45. The summed E-state index contributed by atoms with van der Waals surface area (Å²) in [4.78, 5) is 21.1. The molecule has 0 aliphatic rings. The van der Waals surface area contributed by atoms with Crippen molar-refractivity contribution in [2.45, 2.75) is 13.8 Å². The van der Waals surface area contributed by atoms with Gasteiger partial charge in [-0.2, -0.15) is 5.10 Å². The van der Waals surface area contributed by atoms with E-state index in [4.69, 9.17) is 5.11 Å². The molecule has 1 aromatic carbocycles. The SMILES string of the molecule is Cc1cc([N+](=O)[O-])ccc1-n1nc(C(=O)O)cc1C. The summed E-state index contributed by atoms with van der Waals surface area (Å²) >= 11 is 0. The van der Waals surface area contributed by atoms with E-state index in [9.17, 15) is 14.9 Å². The van der Waals surface area contributed by atoms with Gasteiger partial charge in [0.05, 0.1) is 10.6 Å². The van der Waals surface area contributed by atoms with E-state index < -0.39 is 10.9 Å². The van der Waals surface area contributed by atoms with Gasteiger partial charge in [-0.3, -0.25) is 10.1 Å². The number of benzene rings is 1. The first-order chi connectivity index (χ1) is 8.90. The highest BCUT2D eigenvalue weighted by Gasteiger charge is 2.15. The zero-order valence-corrected chi connectivity index (χ0v) is 10.3. The summed E-state index contributed by atoms with van der Waals surface area (Å²) in [6.07, 6.45) is 0. The number of aromatic carboxylic acids is 1. The zero-order chi connectivity index (χ0) is 14.2. The first-order valence-electron chi connectivity index (χ1n) is 5.45. The molecular formula is C12H11N3O4. The van der Waals surface area contributed by atoms with Gasteiger partial charge < -0.3 is 5.11 Å². The molecule has 0 aliphatic carbocycles. The summed E-state index contributed by atoms with van der Waals surface area (Å²) in [7, 11) is 0. The van der Waals surface area contributed by atoms with Crippen molar-refractivity contribution in [1.29, 1.82) is 0 Å². The van der Waals surface area contributed by atoms with E-state index in [-0.39, 0.29) is 11.4 Å². The lowest BCUT2D eigenvalue weighted by molar-refractivity contribution is -0.384. The Bertz CT molecular complexity index is 676. The van der Waals surface area contributed by atoms with Gasteiger partial charge in [0.1, 0.15) is 0 Å². The highest BCUT2D eigenvalue weighted by atomic mass is 16.6. The minimum Gasteiger partial charge on any atom is -0.476 e. The Kier molecular flexibility index (Phi) is 3.04. The number of hydrogen-bond acceptors (Lipinski definition) is 4. The summed E-state index contributed by atoms with van der Waals surface area (Å²) in [5, 5.41) is 23.5. The topological polar surface area (TPSA) is 98.3 Å². The van der Waals surface area contributed by atoms with Crippen LogP contribution in [0.15, 0.2) is 24.3 Å². The molecule has 98 valence electrons.